The second-order valence-corrected chi connectivity index (χ2v) is 7.17. The van der Waals surface area contributed by atoms with E-state index in [-0.39, 0.29) is 23.4 Å². The number of aromatic amines is 2. The van der Waals surface area contributed by atoms with Crippen LogP contribution in [0.2, 0.25) is 0 Å². The van der Waals surface area contributed by atoms with Crippen LogP contribution in [0.3, 0.4) is 0 Å². The minimum atomic E-state index is -0.304. The summed E-state index contributed by atoms with van der Waals surface area (Å²) in [6.07, 6.45) is 1.49. The Kier molecular flexibility index (Phi) is 4.71. The molecule has 4 rings (SSSR count). The molecule has 0 saturated heterocycles. The van der Waals surface area contributed by atoms with Crippen molar-refractivity contribution in [2.24, 2.45) is 5.92 Å². The van der Waals surface area contributed by atoms with Gasteiger partial charge in [0.25, 0.3) is 11.5 Å². The first kappa shape index (κ1) is 18.6. The number of nitrogens with zero attached hydrogens (tertiary/aromatic N) is 4. The molecule has 1 atom stereocenters. The van der Waals surface area contributed by atoms with Crippen molar-refractivity contribution >= 4 is 16.9 Å². The van der Waals surface area contributed by atoms with E-state index in [0.717, 1.165) is 11.0 Å². The number of carbonyl (C=O) groups is 1. The van der Waals surface area contributed by atoms with Gasteiger partial charge in [-0.1, -0.05) is 26.0 Å². The first-order chi connectivity index (χ1) is 13.9. The molecule has 0 fully saturated rings. The Morgan fingerprint density at radius 2 is 1.97 bits per heavy atom. The number of imidazole rings is 1. The monoisotopic (exact) mass is 391 g/mol. The number of benzene rings is 1. The van der Waals surface area contributed by atoms with Gasteiger partial charge in [-0.15, -0.1) is 0 Å². The van der Waals surface area contributed by atoms with E-state index in [1.54, 1.807) is 13.0 Å². The van der Waals surface area contributed by atoms with Crippen LogP contribution in [0, 0.1) is 12.8 Å². The van der Waals surface area contributed by atoms with E-state index in [0.29, 0.717) is 22.9 Å². The highest BCUT2D eigenvalue weighted by atomic mass is 16.2. The van der Waals surface area contributed by atoms with Crippen LogP contribution in [0.4, 0.5) is 0 Å². The van der Waals surface area contributed by atoms with Crippen molar-refractivity contribution in [1.82, 2.24) is 35.3 Å². The maximum atomic E-state index is 13.0. The number of hydrogen-bond acceptors (Lipinski definition) is 5. The van der Waals surface area contributed by atoms with Crippen LogP contribution in [0.5, 0.6) is 0 Å². The minimum Gasteiger partial charge on any atom is -0.342 e. The highest BCUT2D eigenvalue weighted by Gasteiger charge is 2.24. The molecule has 0 aliphatic rings. The smallest absolute Gasteiger partial charge is 0.264 e. The number of H-pyrrole nitrogens is 2. The SMILES string of the molecule is Cc1c(C(=O)NC(c2nc3ccccc3[nH]2)C(C)C)cnn1-c1ccc(=O)[nH]n1. The van der Waals surface area contributed by atoms with Gasteiger partial charge in [-0.2, -0.15) is 10.2 Å². The zero-order valence-electron chi connectivity index (χ0n) is 16.3. The van der Waals surface area contributed by atoms with Gasteiger partial charge in [0.05, 0.1) is 34.5 Å². The average molecular weight is 391 g/mol. The lowest BCUT2D eigenvalue weighted by Gasteiger charge is -2.20. The molecular formula is C20H21N7O2. The summed E-state index contributed by atoms with van der Waals surface area (Å²) in [6.45, 7) is 5.83. The molecule has 1 aromatic carbocycles. The minimum absolute atomic E-state index is 0.121. The molecule has 3 aromatic heterocycles. The third-order valence-electron chi connectivity index (χ3n) is 4.79. The Hall–Kier alpha value is -3.75. The molecule has 29 heavy (non-hydrogen) atoms. The van der Waals surface area contributed by atoms with Gasteiger partial charge in [-0.3, -0.25) is 9.59 Å². The largest absolute Gasteiger partial charge is 0.342 e. The van der Waals surface area contributed by atoms with Crippen molar-refractivity contribution in [2.75, 3.05) is 0 Å². The summed E-state index contributed by atoms with van der Waals surface area (Å²) in [5.74, 6) is 1.01. The first-order valence-corrected chi connectivity index (χ1v) is 9.30. The third kappa shape index (κ3) is 3.54. The first-order valence-electron chi connectivity index (χ1n) is 9.30. The predicted octanol–water partition coefficient (Wildman–Crippen LogP) is 2.27. The molecule has 0 aliphatic carbocycles. The van der Waals surface area contributed by atoms with Gasteiger partial charge in [-0.05, 0) is 31.0 Å². The van der Waals surface area contributed by atoms with Crippen molar-refractivity contribution in [3.05, 3.63) is 70.0 Å². The average Bonchev–Trinajstić information content (AvgIpc) is 3.30. The van der Waals surface area contributed by atoms with E-state index >= 15 is 0 Å². The van der Waals surface area contributed by atoms with E-state index in [1.807, 2.05) is 38.1 Å². The number of para-hydroxylation sites is 2. The lowest BCUT2D eigenvalue weighted by molar-refractivity contribution is 0.0922. The summed E-state index contributed by atoms with van der Waals surface area (Å²) < 4.78 is 1.51. The van der Waals surface area contributed by atoms with Crippen LogP contribution >= 0.6 is 0 Å². The van der Waals surface area contributed by atoms with Crippen LogP contribution in [0.25, 0.3) is 16.9 Å². The fourth-order valence-electron chi connectivity index (χ4n) is 3.21. The van der Waals surface area contributed by atoms with Gasteiger partial charge in [-0.25, -0.2) is 14.8 Å². The molecule has 148 valence electrons. The summed E-state index contributed by atoms with van der Waals surface area (Å²) in [6, 6.07) is 10.4. The highest BCUT2D eigenvalue weighted by molar-refractivity contribution is 5.95. The molecule has 0 bridgehead atoms. The Bertz CT molecular complexity index is 1180. The molecule has 0 saturated carbocycles. The standard InChI is InChI=1S/C20H21N7O2/c1-11(2)18(19-22-14-6-4-5-7-15(14)23-19)24-20(29)13-10-21-27(12(13)3)16-8-9-17(28)26-25-16/h4-11,18H,1-3H3,(H,22,23)(H,24,29)(H,26,28). The van der Waals surface area contributed by atoms with Crippen molar-refractivity contribution in [2.45, 2.75) is 26.8 Å². The number of aromatic nitrogens is 6. The Morgan fingerprint density at radius 1 is 1.17 bits per heavy atom. The zero-order chi connectivity index (χ0) is 20.5. The zero-order valence-corrected chi connectivity index (χ0v) is 16.3. The molecule has 3 N–H and O–H groups in total. The number of nitrogens with one attached hydrogen (secondary N) is 3. The lowest BCUT2D eigenvalue weighted by Crippen LogP contribution is -2.32. The molecule has 1 unspecified atom stereocenters. The Balaban J connectivity index is 1.61. The molecule has 0 radical (unpaired) electrons. The molecule has 4 aromatic rings. The van der Waals surface area contributed by atoms with E-state index in [9.17, 15) is 9.59 Å². The summed E-state index contributed by atoms with van der Waals surface area (Å²) in [7, 11) is 0. The molecule has 1 amide bonds. The van der Waals surface area contributed by atoms with Crippen molar-refractivity contribution in [3.63, 3.8) is 0 Å². The van der Waals surface area contributed by atoms with Crippen LogP contribution in [0.1, 0.15) is 41.8 Å². The van der Waals surface area contributed by atoms with E-state index < -0.39 is 0 Å². The Morgan fingerprint density at radius 3 is 2.66 bits per heavy atom. The summed E-state index contributed by atoms with van der Waals surface area (Å²) in [5.41, 5.74) is 2.53. The molecule has 0 spiro atoms. The van der Waals surface area contributed by atoms with Crippen LogP contribution < -0.4 is 10.9 Å². The number of hydrogen-bond donors (Lipinski definition) is 3. The van der Waals surface area contributed by atoms with Crippen LogP contribution in [0.15, 0.2) is 47.4 Å². The number of fused-ring (bicyclic) bond motifs is 1. The maximum Gasteiger partial charge on any atom is 0.264 e. The van der Waals surface area contributed by atoms with Crippen molar-refractivity contribution < 1.29 is 4.79 Å². The molecule has 9 heteroatoms. The summed E-state index contributed by atoms with van der Waals surface area (Å²) in [5, 5.41) is 13.6. The highest BCUT2D eigenvalue weighted by Crippen LogP contribution is 2.23. The van der Waals surface area contributed by atoms with Gasteiger partial charge in [0.15, 0.2) is 5.82 Å². The second-order valence-electron chi connectivity index (χ2n) is 7.17. The Labute approximate surface area is 166 Å². The summed E-state index contributed by atoms with van der Waals surface area (Å²) in [4.78, 5) is 32.1. The van der Waals surface area contributed by atoms with Crippen LogP contribution in [-0.4, -0.2) is 35.9 Å². The van der Waals surface area contributed by atoms with Gasteiger partial charge in [0.1, 0.15) is 5.82 Å². The van der Waals surface area contributed by atoms with Crippen LogP contribution in [-0.2, 0) is 0 Å². The summed E-state index contributed by atoms with van der Waals surface area (Å²) >= 11 is 0. The van der Waals surface area contributed by atoms with E-state index in [4.69, 9.17) is 0 Å². The van der Waals surface area contributed by atoms with E-state index in [1.165, 1.54) is 16.9 Å². The second kappa shape index (κ2) is 7.34. The normalized spacial score (nSPS) is 12.4. The number of carbonyl (C=O) groups excluding carboxylic acids is 1. The fourth-order valence-corrected chi connectivity index (χ4v) is 3.21. The molecule has 3 heterocycles. The fraction of sp³-hybridized carbons (Fsp3) is 0.250. The van der Waals surface area contributed by atoms with Gasteiger partial charge >= 0.3 is 0 Å². The van der Waals surface area contributed by atoms with Gasteiger partial charge in [0.2, 0.25) is 0 Å². The topological polar surface area (TPSA) is 121 Å². The van der Waals surface area contributed by atoms with E-state index in [2.05, 4.69) is 30.6 Å². The number of amides is 1. The molecule has 0 aliphatic heterocycles. The lowest BCUT2D eigenvalue weighted by atomic mass is 10.0. The van der Waals surface area contributed by atoms with Gasteiger partial charge < -0.3 is 10.3 Å². The predicted molar refractivity (Wildman–Crippen MR) is 108 cm³/mol. The maximum absolute atomic E-state index is 13.0. The van der Waals surface area contributed by atoms with Gasteiger partial charge in [0, 0.05) is 6.07 Å². The third-order valence-corrected chi connectivity index (χ3v) is 4.79. The van der Waals surface area contributed by atoms with Crippen molar-refractivity contribution in [1.29, 1.82) is 0 Å². The molecule has 9 nitrogen and oxygen atoms in total. The van der Waals surface area contributed by atoms with Crippen molar-refractivity contribution in [3.8, 4) is 5.82 Å². The molecular weight excluding hydrogens is 370 g/mol. The quantitative estimate of drug-likeness (QED) is 0.482. The number of rotatable bonds is 5.